The Hall–Kier alpha value is -0.550. The SMILES string of the molecule is CC(O)=[SH]C1CCC(NC(=O)OC(C)(C)C)CC1. The van der Waals surface area contributed by atoms with Gasteiger partial charge in [0.05, 0.1) is 5.05 Å². The maximum Gasteiger partial charge on any atom is 0.407 e. The molecule has 0 atom stereocenters. The second-order valence-electron chi connectivity index (χ2n) is 5.83. The van der Waals surface area contributed by atoms with Crippen LogP contribution >= 0.6 is 11.4 Å². The summed E-state index contributed by atoms with van der Waals surface area (Å²) in [6.45, 7) is 7.33. The first-order valence-electron chi connectivity index (χ1n) is 6.49. The van der Waals surface area contributed by atoms with E-state index in [-0.39, 0.29) is 12.1 Å². The van der Waals surface area contributed by atoms with Crippen LogP contribution in [-0.4, -0.2) is 33.1 Å². The number of carbonyl (C=O) groups excluding carboxylic acids is 1. The minimum atomic E-state index is -0.442. The van der Waals surface area contributed by atoms with Gasteiger partial charge in [0.25, 0.3) is 0 Å². The van der Waals surface area contributed by atoms with E-state index in [0.29, 0.717) is 10.3 Å². The molecule has 0 saturated heterocycles. The highest BCUT2D eigenvalue weighted by atomic mass is 32.1. The number of ether oxygens (including phenoxy) is 1. The summed E-state index contributed by atoms with van der Waals surface area (Å²) < 4.78 is 5.24. The smallest absolute Gasteiger partial charge is 0.407 e. The first-order valence-corrected chi connectivity index (χ1v) is 7.45. The van der Waals surface area contributed by atoms with Crippen molar-refractivity contribution < 1.29 is 14.6 Å². The zero-order valence-electron chi connectivity index (χ0n) is 11.7. The van der Waals surface area contributed by atoms with Gasteiger partial charge < -0.3 is 15.2 Å². The largest absolute Gasteiger partial charge is 0.444 e. The van der Waals surface area contributed by atoms with E-state index in [0.717, 1.165) is 37.0 Å². The third kappa shape index (κ3) is 6.40. The Kier molecular flexibility index (Phi) is 5.66. The van der Waals surface area contributed by atoms with Crippen molar-refractivity contribution in [3.63, 3.8) is 0 Å². The molecule has 1 aliphatic carbocycles. The molecule has 18 heavy (non-hydrogen) atoms. The van der Waals surface area contributed by atoms with E-state index in [1.165, 1.54) is 0 Å². The average Bonchev–Trinajstić information content (AvgIpc) is 2.17. The summed E-state index contributed by atoms with van der Waals surface area (Å²) in [5.41, 5.74) is -0.442. The van der Waals surface area contributed by atoms with Crippen LogP contribution in [0.1, 0.15) is 53.4 Å². The van der Waals surface area contributed by atoms with E-state index in [1.807, 2.05) is 20.8 Å². The molecule has 0 aromatic heterocycles. The number of rotatable bonds is 2. The highest BCUT2D eigenvalue weighted by Crippen LogP contribution is 2.25. The normalized spacial score (nSPS) is 26.2. The summed E-state index contributed by atoms with van der Waals surface area (Å²) in [5.74, 6) is 0. The number of carbonyl (C=O) groups is 1. The maximum atomic E-state index is 11.6. The monoisotopic (exact) mass is 275 g/mol. The molecule has 0 bridgehead atoms. The summed E-state index contributed by atoms with van der Waals surface area (Å²) >= 11 is 1.04. The molecular formula is C13H25NO3S. The quantitative estimate of drug-likeness (QED) is 0.536. The molecule has 1 fully saturated rings. The summed E-state index contributed by atoms with van der Waals surface area (Å²) in [4.78, 5) is 11.6. The Bertz CT molecular complexity index is 311. The first-order chi connectivity index (χ1) is 8.26. The van der Waals surface area contributed by atoms with Crippen LogP contribution < -0.4 is 5.32 Å². The van der Waals surface area contributed by atoms with Crippen LogP contribution in [0, 0.1) is 0 Å². The number of aliphatic hydroxyl groups excluding tert-OH is 1. The van der Waals surface area contributed by atoms with Gasteiger partial charge in [-0.1, -0.05) is 0 Å². The van der Waals surface area contributed by atoms with Crippen molar-refractivity contribution >= 4 is 22.5 Å². The summed E-state index contributed by atoms with van der Waals surface area (Å²) in [5, 5.41) is 13.2. The third-order valence-electron chi connectivity index (χ3n) is 2.79. The number of amides is 1. The highest BCUT2D eigenvalue weighted by Gasteiger charge is 2.23. The predicted octanol–water partition coefficient (Wildman–Crippen LogP) is 3.00. The van der Waals surface area contributed by atoms with E-state index in [2.05, 4.69) is 5.32 Å². The van der Waals surface area contributed by atoms with Crippen molar-refractivity contribution in [3.05, 3.63) is 0 Å². The molecule has 0 aromatic carbocycles. The fraction of sp³-hybridized carbons (Fsp3) is 0.846. The molecule has 0 spiro atoms. The molecule has 2 N–H and O–H groups in total. The van der Waals surface area contributed by atoms with Gasteiger partial charge in [-0.15, -0.1) is 0 Å². The van der Waals surface area contributed by atoms with E-state index in [9.17, 15) is 9.90 Å². The molecule has 1 saturated carbocycles. The van der Waals surface area contributed by atoms with Gasteiger partial charge >= 0.3 is 6.09 Å². The van der Waals surface area contributed by atoms with Gasteiger partial charge in [0, 0.05) is 6.04 Å². The Morgan fingerprint density at radius 3 is 2.28 bits per heavy atom. The molecule has 0 aliphatic heterocycles. The van der Waals surface area contributed by atoms with Crippen molar-refractivity contribution in [1.29, 1.82) is 0 Å². The molecular weight excluding hydrogens is 250 g/mol. The van der Waals surface area contributed by atoms with Gasteiger partial charge in [-0.05, 0) is 58.6 Å². The molecule has 4 nitrogen and oxygen atoms in total. The molecule has 1 rings (SSSR count). The fourth-order valence-electron chi connectivity index (χ4n) is 2.09. The van der Waals surface area contributed by atoms with Gasteiger partial charge in [0.1, 0.15) is 5.60 Å². The number of hydrogen-bond acceptors (Lipinski definition) is 2. The van der Waals surface area contributed by atoms with Crippen LogP contribution in [0.15, 0.2) is 0 Å². The lowest BCUT2D eigenvalue weighted by Gasteiger charge is -2.29. The average molecular weight is 275 g/mol. The summed E-state index contributed by atoms with van der Waals surface area (Å²) in [6.07, 6.45) is 3.68. The summed E-state index contributed by atoms with van der Waals surface area (Å²) in [7, 11) is 0. The highest BCUT2D eigenvalue weighted by molar-refractivity contribution is 7.98. The molecule has 106 valence electrons. The number of thiol groups is 1. The zero-order valence-corrected chi connectivity index (χ0v) is 12.6. The minimum absolute atomic E-state index is 0.213. The molecule has 0 radical (unpaired) electrons. The number of nitrogens with one attached hydrogen (secondary N) is 1. The lowest BCUT2D eigenvalue weighted by Crippen LogP contribution is -2.41. The van der Waals surface area contributed by atoms with Gasteiger partial charge in [0.2, 0.25) is 0 Å². The lowest BCUT2D eigenvalue weighted by molar-refractivity contribution is 0.0493. The maximum absolute atomic E-state index is 11.6. The summed E-state index contributed by atoms with van der Waals surface area (Å²) in [6, 6.07) is 0.213. The van der Waals surface area contributed by atoms with Crippen molar-refractivity contribution in [2.24, 2.45) is 0 Å². The molecule has 0 unspecified atom stereocenters. The van der Waals surface area contributed by atoms with Crippen LogP contribution in [0.25, 0.3) is 0 Å². The van der Waals surface area contributed by atoms with Gasteiger partial charge in [-0.25, -0.2) is 4.79 Å². The van der Waals surface area contributed by atoms with Crippen molar-refractivity contribution in [1.82, 2.24) is 5.32 Å². The van der Waals surface area contributed by atoms with E-state index < -0.39 is 5.60 Å². The Morgan fingerprint density at radius 1 is 1.28 bits per heavy atom. The van der Waals surface area contributed by atoms with Crippen LogP contribution in [0.5, 0.6) is 0 Å². The second kappa shape index (κ2) is 6.57. The van der Waals surface area contributed by atoms with Crippen LogP contribution in [0.4, 0.5) is 4.79 Å². The van der Waals surface area contributed by atoms with Gasteiger partial charge in [0.15, 0.2) is 0 Å². The minimum Gasteiger partial charge on any atom is -0.444 e. The Balaban J connectivity index is 2.31. The first kappa shape index (κ1) is 15.5. The van der Waals surface area contributed by atoms with E-state index in [1.54, 1.807) is 6.92 Å². The molecule has 1 aliphatic rings. The Labute approximate surface area is 113 Å². The van der Waals surface area contributed by atoms with Crippen molar-refractivity contribution in [3.8, 4) is 0 Å². The topological polar surface area (TPSA) is 58.6 Å². The van der Waals surface area contributed by atoms with Crippen molar-refractivity contribution in [2.45, 2.75) is 70.3 Å². The standard InChI is InChI=1S/C13H25NO3S/c1-9(15)18-11-7-5-10(6-8-11)14-12(16)17-13(2,3)4/h10-11,15,18H,5-8H2,1-4H3,(H,14,16). The van der Waals surface area contributed by atoms with Crippen molar-refractivity contribution in [2.75, 3.05) is 0 Å². The molecule has 1 amide bonds. The van der Waals surface area contributed by atoms with Crippen LogP contribution in [0.2, 0.25) is 0 Å². The lowest BCUT2D eigenvalue weighted by atomic mass is 9.95. The number of hydrogen-bond donors (Lipinski definition) is 3. The van der Waals surface area contributed by atoms with Crippen LogP contribution in [-0.2, 0) is 4.74 Å². The third-order valence-corrected chi connectivity index (χ3v) is 4.04. The van der Waals surface area contributed by atoms with E-state index in [4.69, 9.17) is 4.74 Å². The predicted molar refractivity (Wildman–Crippen MR) is 77.7 cm³/mol. The fourth-order valence-corrected chi connectivity index (χ4v) is 3.17. The Morgan fingerprint density at radius 2 is 1.83 bits per heavy atom. The second-order valence-corrected chi connectivity index (χ2v) is 7.46. The molecule has 0 aromatic rings. The molecule has 5 heteroatoms. The van der Waals surface area contributed by atoms with Gasteiger partial charge in [-0.3, -0.25) is 0 Å². The van der Waals surface area contributed by atoms with E-state index >= 15 is 0 Å². The number of alkyl carbamates (subject to hydrolysis) is 1. The zero-order chi connectivity index (χ0) is 13.8. The van der Waals surface area contributed by atoms with Gasteiger partial charge in [-0.2, -0.15) is 11.4 Å². The number of aliphatic hydroxyl groups is 1. The van der Waals surface area contributed by atoms with Crippen LogP contribution in [0.3, 0.4) is 0 Å². The molecule has 0 heterocycles.